The number of benzene rings is 1. The maximum Gasteiger partial charge on any atom is 0.573 e. The van der Waals surface area contributed by atoms with Gasteiger partial charge in [-0.1, -0.05) is 12.1 Å². The number of carboxylic acid groups (broad SMARTS) is 1. The summed E-state index contributed by atoms with van der Waals surface area (Å²) in [7, 11) is 3.32. The largest absolute Gasteiger partial charge is 0.573 e. The first-order chi connectivity index (χ1) is 8.69. The van der Waals surface area contributed by atoms with Gasteiger partial charge in [-0.2, -0.15) is 0 Å². The Labute approximate surface area is 108 Å². The van der Waals surface area contributed by atoms with Gasteiger partial charge in [-0.05, 0) is 31.8 Å². The van der Waals surface area contributed by atoms with Crippen LogP contribution in [0.25, 0.3) is 0 Å². The predicted molar refractivity (Wildman–Crippen MR) is 61.8 cm³/mol. The summed E-state index contributed by atoms with van der Waals surface area (Å²) in [5.74, 6) is -1.39. The minimum absolute atomic E-state index is 0.206. The second-order valence-electron chi connectivity index (χ2n) is 4.20. The van der Waals surface area contributed by atoms with Crippen molar-refractivity contribution in [3.63, 3.8) is 0 Å². The van der Waals surface area contributed by atoms with E-state index in [1.54, 1.807) is 25.1 Å². The van der Waals surface area contributed by atoms with Crippen LogP contribution in [0, 0.1) is 0 Å². The number of hydrogen-bond acceptors (Lipinski definition) is 3. The molecule has 0 radical (unpaired) electrons. The third-order valence-electron chi connectivity index (χ3n) is 2.47. The first-order valence-electron chi connectivity index (χ1n) is 5.43. The molecule has 0 aliphatic rings. The van der Waals surface area contributed by atoms with Crippen LogP contribution in [-0.2, 0) is 4.79 Å². The van der Waals surface area contributed by atoms with Gasteiger partial charge in [0.1, 0.15) is 5.75 Å². The average molecular weight is 277 g/mol. The number of halogens is 3. The van der Waals surface area contributed by atoms with E-state index in [4.69, 9.17) is 5.11 Å². The monoisotopic (exact) mass is 277 g/mol. The average Bonchev–Trinajstić information content (AvgIpc) is 2.23. The smallest absolute Gasteiger partial charge is 0.481 e. The van der Waals surface area contributed by atoms with Gasteiger partial charge in [-0.25, -0.2) is 0 Å². The summed E-state index contributed by atoms with van der Waals surface area (Å²) in [5.41, 5.74) is 0.453. The first kappa shape index (κ1) is 15.3. The van der Waals surface area contributed by atoms with Gasteiger partial charge < -0.3 is 14.7 Å². The lowest BCUT2D eigenvalue weighted by molar-refractivity contribution is -0.274. The van der Waals surface area contributed by atoms with Crippen molar-refractivity contribution in [3.8, 4) is 5.75 Å². The Morgan fingerprint density at radius 2 is 2.05 bits per heavy atom. The highest BCUT2D eigenvalue weighted by Crippen LogP contribution is 2.28. The molecule has 0 aromatic heterocycles. The Hall–Kier alpha value is -1.76. The Kier molecular flexibility index (Phi) is 4.77. The van der Waals surface area contributed by atoms with Crippen molar-refractivity contribution < 1.29 is 27.8 Å². The van der Waals surface area contributed by atoms with Crippen LogP contribution >= 0.6 is 0 Å². The standard InChI is InChI=1S/C12H14F3NO3/c1-16(2)10(7-11(17)18)8-4-3-5-9(6-8)19-12(13,14)15/h3-6,10H,7H2,1-2H3,(H,17,18). The highest BCUT2D eigenvalue weighted by atomic mass is 19.4. The topological polar surface area (TPSA) is 49.8 Å². The number of ether oxygens (including phenoxy) is 1. The van der Waals surface area contributed by atoms with E-state index in [9.17, 15) is 18.0 Å². The Bertz CT molecular complexity index is 446. The van der Waals surface area contributed by atoms with Crippen molar-refractivity contribution >= 4 is 5.97 Å². The Morgan fingerprint density at radius 3 is 2.53 bits per heavy atom. The van der Waals surface area contributed by atoms with E-state index >= 15 is 0 Å². The number of rotatable bonds is 5. The van der Waals surface area contributed by atoms with E-state index in [2.05, 4.69) is 4.74 Å². The van der Waals surface area contributed by atoms with Gasteiger partial charge in [0.2, 0.25) is 0 Å². The summed E-state index contributed by atoms with van der Waals surface area (Å²) < 4.78 is 40.2. The SMILES string of the molecule is CN(C)C(CC(=O)O)c1cccc(OC(F)(F)F)c1. The first-order valence-corrected chi connectivity index (χ1v) is 5.43. The highest BCUT2D eigenvalue weighted by Gasteiger charge is 2.31. The van der Waals surface area contributed by atoms with Crippen molar-refractivity contribution in [1.82, 2.24) is 4.90 Å². The molecular formula is C12H14F3NO3. The molecule has 0 saturated carbocycles. The summed E-state index contributed by atoms with van der Waals surface area (Å²) >= 11 is 0. The molecule has 0 aliphatic carbocycles. The molecule has 1 rings (SSSR count). The van der Waals surface area contributed by atoms with Crippen LogP contribution in [0.2, 0.25) is 0 Å². The molecule has 0 amide bonds. The summed E-state index contributed by atoms with van der Waals surface area (Å²) in [6.45, 7) is 0. The molecule has 0 aliphatic heterocycles. The van der Waals surface area contributed by atoms with E-state index in [0.29, 0.717) is 5.56 Å². The van der Waals surface area contributed by atoms with E-state index in [0.717, 1.165) is 0 Å². The molecule has 1 aromatic rings. The summed E-state index contributed by atoms with van der Waals surface area (Å²) in [5, 5.41) is 8.81. The van der Waals surface area contributed by atoms with Crippen molar-refractivity contribution in [1.29, 1.82) is 0 Å². The Balaban J connectivity index is 2.98. The number of aliphatic carboxylic acids is 1. The van der Waals surface area contributed by atoms with Gasteiger partial charge in [-0.15, -0.1) is 13.2 Å². The van der Waals surface area contributed by atoms with Crippen LogP contribution in [0.15, 0.2) is 24.3 Å². The maximum atomic E-state index is 12.1. The lowest BCUT2D eigenvalue weighted by atomic mass is 10.0. The van der Waals surface area contributed by atoms with E-state index < -0.39 is 18.4 Å². The molecule has 1 unspecified atom stereocenters. The third kappa shape index (κ3) is 5.17. The molecule has 1 aromatic carbocycles. The second kappa shape index (κ2) is 5.92. The van der Waals surface area contributed by atoms with Crippen LogP contribution in [0.3, 0.4) is 0 Å². The normalized spacial score (nSPS) is 13.4. The molecule has 0 fully saturated rings. The van der Waals surface area contributed by atoms with Crippen LogP contribution in [0.1, 0.15) is 18.0 Å². The fraction of sp³-hybridized carbons (Fsp3) is 0.417. The molecule has 4 nitrogen and oxygen atoms in total. The minimum atomic E-state index is -4.76. The van der Waals surface area contributed by atoms with Crippen molar-refractivity contribution in [2.45, 2.75) is 18.8 Å². The zero-order valence-electron chi connectivity index (χ0n) is 10.4. The molecule has 0 heterocycles. The fourth-order valence-electron chi connectivity index (χ4n) is 1.68. The maximum absolute atomic E-state index is 12.1. The highest BCUT2D eigenvalue weighted by molar-refractivity contribution is 5.68. The quantitative estimate of drug-likeness (QED) is 0.899. The predicted octanol–water partition coefficient (Wildman–Crippen LogP) is 2.66. The third-order valence-corrected chi connectivity index (χ3v) is 2.47. The van der Waals surface area contributed by atoms with Crippen molar-refractivity contribution in [3.05, 3.63) is 29.8 Å². The van der Waals surface area contributed by atoms with Crippen LogP contribution in [0.4, 0.5) is 13.2 Å². The van der Waals surface area contributed by atoms with Gasteiger partial charge in [0, 0.05) is 6.04 Å². The number of hydrogen-bond donors (Lipinski definition) is 1. The van der Waals surface area contributed by atoms with Gasteiger partial charge in [0.05, 0.1) is 6.42 Å². The molecule has 0 spiro atoms. The second-order valence-corrected chi connectivity index (χ2v) is 4.20. The lowest BCUT2D eigenvalue weighted by Crippen LogP contribution is -2.23. The van der Waals surface area contributed by atoms with Gasteiger partial charge in [0.15, 0.2) is 0 Å². The molecule has 1 atom stereocenters. The summed E-state index contributed by atoms with van der Waals surface area (Å²) in [6.07, 6.45) is -4.97. The molecular weight excluding hydrogens is 263 g/mol. The fourth-order valence-corrected chi connectivity index (χ4v) is 1.68. The van der Waals surface area contributed by atoms with E-state index in [1.807, 2.05) is 0 Å². The van der Waals surface area contributed by atoms with Gasteiger partial charge in [0.25, 0.3) is 0 Å². The minimum Gasteiger partial charge on any atom is -0.481 e. The zero-order chi connectivity index (χ0) is 14.6. The summed E-state index contributed by atoms with van der Waals surface area (Å²) in [4.78, 5) is 12.4. The molecule has 106 valence electrons. The number of nitrogens with zero attached hydrogens (tertiary/aromatic N) is 1. The summed E-state index contributed by atoms with van der Waals surface area (Å²) in [6, 6.07) is 4.81. The number of carbonyl (C=O) groups is 1. The molecule has 19 heavy (non-hydrogen) atoms. The van der Waals surface area contributed by atoms with E-state index in [1.165, 1.54) is 18.2 Å². The molecule has 7 heteroatoms. The lowest BCUT2D eigenvalue weighted by Gasteiger charge is -2.23. The number of carboxylic acids is 1. The molecule has 1 N–H and O–H groups in total. The van der Waals surface area contributed by atoms with E-state index in [-0.39, 0.29) is 12.2 Å². The Morgan fingerprint density at radius 1 is 1.42 bits per heavy atom. The van der Waals surface area contributed by atoms with Gasteiger partial charge >= 0.3 is 12.3 Å². The van der Waals surface area contributed by atoms with Crippen LogP contribution in [0.5, 0.6) is 5.75 Å². The molecule has 0 saturated heterocycles. The van der Waals surface area contributed by atoms with Crippen molar-refractivity contribution in [2.75, 3.05) is 14.1 Å². The van der Waals surface area contributed by atoms with Gasteiger partial charge in [-0.3, -0.25) is 4.79 Å². The van der Waals surface area contributed by atoms with Crippen molar-refractivity contribution in [2.24, 2.45) is 0 Å². The zero-order valence-corrected chi connectivity index (χ0v) is 10.4. The van der Waals surface area contributed by atoms with Crippen LogP contribution < -0.4 is 4.74 Å². The number of alkyl halides is 3. The van der Waals surface area contributed by atoms with Crippen LogP contribution in [-0.4, -0.2) is 36.4 Å². The molecule has 0 bridgehead atoms.